The Morgan fingerprint density at radius 2 is 1.89 bits per heavy atom. The number of nitriles is 1. The van der Waals surface area contributed by atoms with E-state index in [1.165, 1.54) is 17.1 Å². The number of carbonyl (C=O) groups is 2. The number of hydrogen-bond donors (Lipinski definition) is 0. The second-order valence-corrected chi connectivity index (χ2v) is 8.50. The zero-order valence-electron chi connectivity index (χ0n) is 20.0. The molecule has 2 amide bonds. The average Bonchev–Trinajstić information content (AvgIpc) is 3.24. The van der Waals surface area contributed by atoms with Crippen molar-refractivity contribution >= 4 is 23.5 Å². The van der Waals surface area contributed by atoms with Gasteiger partial charge in [0.2, 0.25) is 0 Å². The van der Waals surface area contributed by atoms with Gasteiger partial charge in [0.15, 0.2) is 11.5 Å². The minimum atomic E-state index is -0.241. The molecule has 1 aromatic carbocycles. The molecule has 0 unspecified atom stereocenters. The summed E-state index contributed by atoms with van der Waals surface area (Å²) in [5, 5.41) is 9.74. The number of methoxy groups -OCH3 is 1. The largest absolute Gasteiger partial charge is 0.493 e. The van der Waals surface area contributed by atoms with Crippen LogP contribution in [0.15, 0.2) is 48.8 Å². The molecule has 4 rings (SSSR count). The lowest BCUT2D eigenvalue weighted by molar-refractivity contribution is -0.140. The number of benzene rings is 1. The molecule has 2 aliphatic rings. The van der Waals surface area contributed by atoms with Crippen molar-refractivity contribution in [1.29, 1.82) is 5.26 Å². The summed E-state index contributed by atoms with van der Waals surface area (Å²) in [5.41, 5.74) is 2.93. The van der Waals surface area contributed by atoms with Crippen LogP contribution in [0.25, 0.3) is 11.6 Å². The number of likely N-dealkylation sites (tertiary alicyclic amines) is 1. The van der Waals surface area contributed by atoms with Crippen molar-refractivity contribution in [3.05, 3.63) is 65.5 Å². The Kier molecular flexibility index (Phi) is 7.79. The van der Waals surface area contributed by atoms with Gasteiger partial charge in [0.05, 0.1) is 18.8 Å². The minimum absolute atomic E-state index is 0.0905. The van der Waals surface area contributed by atoms with Gasteiger partial charge in [-0.05, 0) is 54.3 Å². The molecule has 0 saturated carbocycles. The summed E-state index contributed by atoms with van der Waals surface area (Å²) < 4.78 is 11.5. The van der Waals surface area contributed by atoms with E-state index in [0.717, 1.165) is 16.7 Å². The van der Waals surface area contributed by atoms with E-state index in [-0.39, 0.29) is 24.5 Å². The normalized spacial score (nSPS) is 16.6. The fourth-order valence-corrected chi connectivity index (χ4v) is 4.54. The summed E-state index contributed by atoms with van der Waals surface area (Å²) in [7, 11) is 1.56. The highest BCUT2D eigenvalue weighted by Gasteiger charge is 2.33. The van der Waals surface area contributed by atoms with Gasteiger partial charge in [0, 0.05) is 55.8 Å². The standard InChI is InChI=1S/C28H26N4O4/c1-3-14-36-28-23(19-31-12-8-24(9-13-31)32-26(33)4-5-27(32)34)16-20(17-25(28)35-2)15-22(18-29)21-6-10-30-11-7-21/h1,4-7,10-11,15-17,24H,8-9,12-14,19H2,2H3/b22-15+. The fourth-order valence-electron chi connectivity index (χ4n) is 4.54. The van der Waals surface area contributed by atoms with Crippen LogP contribution in [0.1, 0.15) is 29.5 Å². The maximum absolute atomic E-state index is 12.1. The van der Waals surface area contributed by atoms with Crippen molar-refractivity contribution in [3.8, 4) is 29.9 Å². The maximum Gasteiger partial charge on any atom is 0.253 e. The molecule has 1 fully saturated rings. The van der Waals surface area contributed by atoms with Gasteiger partial charge in [0.25, 0.3) is 11.8 Å². The quantitative estimate of drug-likeness (QED) is 0.324. The van der Waals surface area contributed by atoms with Crippen LogP contribution in [0.2, 0.25) is 0 Å². The number of carbonyl (C=O) groups excluding carboxylic acids is 2. The van der Waals surface area contributed by atoms with Crippen LogP contribution in [0, 0.1) is 23.7 Å². The number of imide groups is 1. The Labute approximate surface area is 210 Å². The molecule has 1 saturated heterocycles. The Hall–Kier alpha value is -4.40. The van der Waals surface area contributed by atoms with Gasteiger partial charge < -0.3 is 9.47 Å². The van der Waals surface area contributed by atoms with Gasteiger partial charge in [-0.3, -0.25) is 24.4 Å². The lowest BCUT2D eigenvalue weighted by Gasteiger charge is -2.36. The first-order chi connectivity index (χ1) is 17.5. The third-order valence-corrected chi connectivity index (χ3v) is 6.26. The van der Waals surface area contributed by atoms with Crippen molar-refractivity contribution in [2.24, 2.45) is 0 Å². The smallest absolute Gasteiger partial charge is 0.253 e. The predicted octanol–water partition coefficient (Wildman–Crippen LogP) is 3.06. The third-order valence-electron chi connectivity index (χ3n) is 6.26. The molecule has 182 valence electrons. The molecule has 1 aromatic heterocycles. The summed E-state index contributed by atoms with van der Waals surface area (Å²) in [6, 6.07) is 9.51. The van der Waals surface area contributed by atoms with Crippen LogP contribution in [0.4, 0.5) is 0 Å². The van der Waals surface area contributed by atoms with E-state index < -0.39 is 0 Å². The molecule has 3 heterocycles. The molecular weight excluding hydrogens is 456 g/mol. The van der Waals surface area contributed by atoms with E-state index in [4.69, 9.17) is 15.9 Å². The molecule has 0 N–H and O–H groups in total. The summed E-state index contributed by atoms with van der Waals surface area (Å²) in [5.74, 6) is 3.10. The van der Waals surface area contributed by atoms with Gasteiger partial charge in [-0.25, -0.2) is 0 Å². The molecule has 0 atom stereocenters. The zero-order chi connectivity index (χ0) is 25.5. The lowest BCUT2D eigenvalue weighted by atomic mass is 10.00. The van der Waals surface area contributed by atoms with Gasteiger partial charge in [0.1, 0.15) is 6.61 Å². The zero-order valence-corrected chi connectivity index (χ0v) is 20.0. The number of nitrogens with zero attached hydrogens (tertiary/aromatic N) is 4. The first kappa shape index (κ1) is 24.7. The summed E-state index contributed by atoms with van der Waals surface area (Å²) in [4.78, 5) is 31.7. The van der Waals surface area contributed by atoms with Gasteiger partial charge in [-0.15, -0.1) is 6.42 Å². The molecule has 8 nitrogen and oxygen atoms in total. The highest BCUT2D eigenvalue weighted by molar-refractivity contribution is 6.13. The number of ether oxygens (including phenoxy) is 2. The highest BCUT2D eigenvalue weighted by atomic mass is 16.5. The molecule has 0 aliphatic carbocycles. The Morgan fingerprint density at radius 1 is 1.19 bits per heavy atom. The number of aromatic nitrogens is 1. The highest BCUT2D eigenvalue weighted by Crippen LogP contribution is 2.36. The van der Waals surface area contributed by atoms with Crippen molar-refractivity contribution in [1.82, 2.24) is 14.8 Å². The molecule has 0 bridgehead atoms. The van der Waals surface area contributed by atoms with Crippen LogP contribution in [-0.4, -0.2) is 59.4 Å². The number of amides is 2. The van der Waals surface area contributed by atoms with E-state index in [1.54, 1.807) is 37.7 Å². The van der Waals surface area contributed by atoms with E-state index in [0.29, 0.717) is 49.5 Å². The van der Waals surface area contributed by atoms with Crippen LogP contribution in [0.3, 0.4) is 0 Å². The second kappa shape index (κ2) is 11.4. The molecule has 0 radical (unpaired) electrons. The van der Waals surface area contributed by atoms with Crippen LogP contribution >= 0.6 is 0 Å². The number of allylic oxidation sites excluding steroid dienone is 1. The van der Waals surface area contributed by atoms with Crippen LogP contribution in [-0.2, 0) is 16.1 Å². The predicted molar refractivity (Wildman–Crippen MR) is 134 cm³/mol. The summed E-state index contributed by atoms with van der Waals surface area (Å²) >= 11 is 0. The van der Waals surface area contributed by atoms with E-state index in [1.807, 2.05) is 12.1 Å². The van der Waals surface area contributed by atoms with Crippen molar-refractivity contribution in [2.75, 3.05) is 26.8 Å². The number of hydrogen-bond acceptors (Lipinski definition) is 7. The second-order valence-electron chi connectivity index (χ2n) is 8.50. The third kappa shape index (κ3) is 5.46. The summed E-state index contributed by atoms with van der Waals surface area (Å²) in [6.07, 6.45) is 14.6. The van der Waals surface area contributed by atoms with Gasteiger partial charge in [-0.2, -0.15) is 5.26 Å². The molecule has 8 heteroatoms. The van der Waals surface area contributed by atoms with Crippen molar-refractivity contribution in [3.63, 3.8) is 0 Å². The number of piperidine rings is 1. The fraction of sp³-hybridized carbons (Fsp3) is 0.286. The van der Waals surface area contributed by atoms with Gasteiger partial charge in [-0.1, -0.05) is 5.92 Å². The van der Waals surface area contributed by atoms with E-state index in [9.17, 15) is 14.9 Å². The van der Waals surface area contributed by atoms with Crippen LogP contribution < -0.4 is 9.47 Å². The maximum atomic E-state index is 12.1. The van der Waals surface area contributed by atoms with Crippen molar-refractivity contribution < 1.29 is 19.1 Å². The van der Waals surface area contributed by atoms with E-state index >= 15 is 0 Å². The SMILES string of the molecule is C#CCOc1c(CN2CCC(N3C(=O)C=CC3=O)CC2)cc(/C=C(\C#N)c2ccncc2)cc1OC. The van der Waals surface area contributed by atoms with E-state index in [2.05, 4.69) is 21.9 Å². The Bertz CT molecular complexity index is 1260. The molecule has 0 spiro atoms. The van der Waals surface area contributed by atoms with Crippen molar-refractivity contribution in [2.45, 2.75) is 25.4 Å². The number of pyridine rings is 1. The number of terminal acetylenes is 1. The summed E-state index contributed by atoms with van der Waals surface area (Å²) in [6.45, 7) is 2.06. The molecule has 2 aromatic rings. The van der Waals surface area contributed by atoms with Crippen LogP contribution in [0.5, 0.6) is 11.5 Å². The Morgan fingerprint density at radius 3 is 2.50 bits per heavy atom. The number of rotatable bonds is 8. The topological polar surface area (TPSA) is 95.8 Å². The van der Waals surface area contributed by atoms with Gasteiger partial charge >= 0.3 is 0 Å². The lowest BCUT2D eigenvalue weighted by Crippen LogP contribution is -2.47. The molecular formula is C28H26N4O4. The monoisotopic (exact) mass is 482 g/mol. The first-order valence-corrected chi connectivity index (χ1v) is 11.6. The Balaban J connectivity index is 1.58. The molecule has 2 aliphatic heterocycles. The minimum Gasteiger partial charge on any atom is -0.493 e. The first-order valence-electron chi connectivity index (χ1n) is 11.6. The molecule has 36 heavy (non-hydrogen) atoms. The average molecular weight is 483 g/mol.